The summed E-state index contributed by atoms with van der Waals surface area (Å²) in [6.07, 6.45) is 7.20. The number of amides is 1. The van der Waals surface area contributed by atoms with Crippen molar-refractivity contribution in [1.29, 1.82) is 0 Å². The van der Waals surface area contributed by atoms with Gasteiger partial charge in [0.25, 0.3) is 5.91 Å². The minimum absolute atomic E-state index is 0.0565. The van der Waals surface area contributed by atoms with Crippen LogP contribution in [-0.4, -0.2) is 74.7 Å². The molecule has 7 heteroatoms. The molecule has 0 spiro atoms. The minimum atomic E-state index is -3.60. The standard InChI is InChI=1S/C21H33N3O3S/c1-22(2)19-12-8-14-24(16-19)21(25)17-9-7-13-20(15-17)28(26,27)23(3)18-10-5-4-6-11-18/h7,9,13,15,18-19H,4-6,8,10-12,14,16H2,1-3H3. The van der Waals surface area contributed by atoms with E-state index in [0.717, 1.165) is 45.1 Å². The first-order valence-corrected chi connectivity index (χ1v) is 11.8. The van der Waals surface area contributed by atoms with E-state index >= 15 is 0 Å². The largest absolute Gasteiger partial charge is 0.337 e. The highest BCUT2D eigenvalue weighted by Gasteiger charge is 2.30. The lowest BCUT2D eigenvalue weighted by molar-refractivity contribution is 0.0635. The molecule has 1 aromatic carbocycles. The summed E-state index contributed by atoms with van der Waals surface area (Å²) in [6.45, 7) is 1.41. The van der Waals surface area contributed by atoms with Crippen LogP contribution in [0.5, 0.6) is 0 Å². The molecule has 0 aromatic heterocycles. The van der Waals surface area contributed by atoms with E-state index < -0.39 is 10.0 Å². The maximum Gasteiger partial charge on any atom is 0.253 e. The summed E-state index contributed by atoms with van der Waals surface area (Å²) in [7, 11) is 2.15. The third-order valence-electron chi connectivity index (χ3n) is 6.26. The van der Waals surface area contributed by atoms with Gasteiger partial charge in [0.1, 0.15) is 0 Å². The van der Waals surface area contributed by atoms with Crippen LogP contribution in [0, 0.1) is 0 Å². The van der Waals surface area contributed by atoms with E-state index in [1.807, 2.05) is 19.0 Å². The lowest BCUT2D eigenvalue weighted by Crippen LogP contribution is -2.47. The van der Waals surface area contributed by atoms with Crippen LogP contribution in [0.2, 0.25) is 0 Å². The summed E-state index contributed by atoms with van der Waals surface area (Å²) >= 11 is 0. The van der Waals surface area contributed by atoms with E-state index in [9.17, 15) is 13.2 Å². The molecule has 1 saturated heterocycles. The maximum atomic E-state index is 13.1. The molecule has 3 rings (SSSR count). The number of piperidine rings is 1. The van der Waals surface area contributed by atoms with Crippen molar-refractivity contribution in [3.05, 3.63) is 29.8 Å². The summed E-state index contributed by atoms with van der Waals surface area (Å²) in [6, 6.07) is 6.97. The van der Waals surface area contributed by atoms with E-state index in [-0.39, 0.29) is 16.8 Å². The van der Waals surface area contributed by atoms with Gasteiger partial charge >= 0.3 is 0 Å². The predicted molar refractivity (Wildman–Crippen MR) is 111 cm³/mol. The van der Waals surface area contributed by atoms with Crippen LogP contribution in [0.25, 0.3) is 0 Å². The number of sulfonamides is 1. The average molecular weight is 408 g/mol. The first-order valence-electron chi connectivity index (χ1n) is 10.3. The second kappa shape index (κ2) is 8.93. The molecule has 1 aliphatic heterocycles. The van der Waals surface area contributed by atoms with Crippen molar-refractivity contribution in [2.24, 2.45) is 0 Å². The number of likely N-dealkylation sites (N-methyl/N-ethyl adjacent to an activating group) is 1. The Labute approximate surface area is 169 Å². The van der Waals surface area contributed by atoms with Crippen LogP contribution < -0.4 is 0 Å². The minimum Gasteiger partial charge on any atom is -0.337 e. The molecule has 0 radical (unpaired) electrons. The Bertz CT molecular complexity index is 788. The van der Waals surface area contributed by atoms with Gasteiger partial charge < -0.3 is 9.80 Å². The van der Waals surface area contributed by atoms with Crippen molar-refractivity contribution in [1.82, 2.24) is 14.1 Å². The molecular formula is C21H33N3O3S. The predicted octanol–water partition coefficient (Wildman–Crippen LogP) is 2.81. The Morgan fingerprint density at radius 1 is 1.00 bits per heavy atom. The fourth-order valence-corrected chi connectivity index (χ4v) is 5.80. The van der Waals surface area contributed by atoms with Crippen molar-refractivity contribution in [2.75, 3.05) is 34.2 Å². The number of hydrogen-bond acceptors (Lipinski definition) is 4. The first kappa shape index (κ1) is 21.3. The zero-order valence-electron chi connectivity index (χ0n) is 17.3. The molecule has 156 valence electrons. The third-order valence-corrected chi connectivity index (χ3v) is 8.17. The zero-order chi connectivity index (χ0) is 20.3. The maximum absolute atomic E-state index is 13.1. The zero-order valence-corrected chi connectivity index (χ0v) is 18.1. The molecule has 2 fully saturated rings. The SMILES string of the molecule is CN(C)C1CCCN(C(=O)c2cccc(S(=O)(=O)N(C)C3CCCCC3)c2)C1. The molecule has 1 saturated carbocycles. The van der Waals surface area contributed by atoms with Crippen LogP contribution >= 0.6 is 0 Å². The molecule has 1 amide bonds. The van der Waals surface area contributed by atoms with Crippen molar-refractivity contribution in [3.8, 4) is 0 Å². The molecule has 1 unspecified atom stereocenters. The number of likely N-dealkylation sites (tertiary alicyclic amines) is 1. The van der Waals surface area contributed by atoms with E-state index in [2.05, 4.69) is 4.90 Å². The summed E-state index contributed by atoms with van der Waals surface area (Å²) < 4.78 is 27.7. The van der Waals surface area contributed by atoms with Gasteiger partial charge in [-0.1, -0.05) is 25.3 Å². The first-order chi connectivity index (χ1) is 13.3. The van der Waals surface area contributed by atoms with Crippen molar-refractivity contribution in [3.63, 3.8) is 0 Å². The smallest absolute Gasteiger partial charge is 0.253 e. The molecule has 0 N–H and O–H groups in total. The molecule has 1 aliphatic carbocycles. The summed E-state index contributed by atoms with van der Waals surface area (Å²) in [4.78, 5) is 17.2. The molecule has 1 atom stereocenters. The highest BCUT2D eigenvalue weighted by Crippen LogP contribution is 2.27. The fourth-order valence-electron chi connectivity index (χ4n) is 4.34. The third kappa shape index (κ3) is 4.58. The molecule has 1 aromatic rings. The van der Waals surface area contributed by atoms with Gasteiger partial charge in [-0.15, -0.1) is 0 Å². The van der Waals surface area contributed by atoms with Crippen molar-refractivity contribution < 1.29 is 13.2 Å². The van der Waals surface area contributed by atoms with Gasteiger partial charge in [0.15, 0.2) is 0 Å². The van der Waals surface area contributed by atoms with Crippen LogP contribution in [0.4, 0.5) is 0 Å². The van der Waals surface area contributed by atoms with Gasteiger partial charge in [-0.3, -0.25) is 4.79 Å². The van der Waals surface area contributed by atoms with Gasteiger partial charge in [-0.25, -0.2) is 8.42 Å². The lowest BCUT2D eigenvalue weighted by Gasteiger charge is -2.36. The number of carbonyl (C=O) groups is 1. The lowest BCUT2D eigenvalue weighted by atomic mass is 9.96. The number of nitrogens with zero attached hydrogens (tertiary/aromatic N) is 3. The molecule has 28 heavy (non-hydrogen) atoms. The number of hydrogen-bond donors (Lipinski definition) is 0. The monoisotopic (exact) mass is 407 g/mol. The Balaban J connectivity index is 1.78. The van der Waals surface area contributed by atoms with Gasteiger partial charge in [0, 0.05) is 37.8 Å². The normalized spacial score (nSPS) is 22.0. The summed E-state index contributed by atoms with van der Waals surface area (Å²) in [5.74, 6) is -0.0797. The number of benzene rings is 1. The Hall–Kier alpha value is -1.44. The molecule has 2 aliphatic rings. The highest BCUT2D eigenvalue weighted by molar-refractivity contribution is 7.89. The number of carbonyl (C=O) groups excluding carboxylic acids is 1. The summed E-state index contributed by atoms with van der Waals surface area (Å²) in [5, 5.41) is 0. The molecule has 1 heterocycles. The Kier molecular flexibility index (Phi) is 6.78. The topological polar surface area (TPSA) is 60.9 Å². The van der Waals surface area contributed by atoms with E-state index in [0.29, 0.717) is 18.2 Å². The molecular weight excluding hydrogens is 374 g/mol. The van der Waals surface area contributed by atoms with Gasteiger partial charge in [-0.05, 0) is 58.0 Å². The van der Waals surface area contributed by atoms with Crippen LogP contribution in [0.1, 0.15) is 55.3 Å². The summed E-state index contributed by atoms with van der Waals surface area (Å²) in [5.41, 5.74) is 0.456. The van der Waals surface area contributed by atoms with Crippen molar-refractivity contribution >= 4 is 15.9 Å². The quantitative estimate of drug-likeness (QED) is 0.753. The highest BCUT2D eigenvalue weighted by atomic mass is 32.2. The molecule has 6 nitrogen and oxygen atoms in total. The molecule has 0 bridgehead atoms. The van der Waals surface area contributed by atoms with Gasteiger partial charge in [-0.2, -0.15) is 4.31 Å². The van der Waals surface area contributed by atoms with E-state index in [4.69, 9.17) is 0 Å². The van der Waals surface area contributed by atoms with Gasteiger partial charge in [0.2, 0.25) is 10.0 Å². The van der Waals surface area contributed by atoms with E-state index in [1.54, 1.807) is 31.3 Å². The van der Waals surface area contributed by atoms with E-state index in [1.165, 1.54) is 10.7 Å². The second-order valence-corrected chi connectivity index (χ2v) is 10.3. The van der Waals surface area contributed by atoms with Crippen LogP contribution in [0.3, 0.4) is 0 Å². The van der Waals surface area contributed by atoms with Crippen LogP contribution in [-0.2, 0) is 10.0 Å². The Morgan fingerprint density at radius 3 is 2.36 bits per heavy atom. The average Bonchev–Trinajstić information content (AvgIpc) is 2.73. The van der Waals surface area contributed by atoms with Crippen molar-refractivity contribution in [2.45, 2.75) is 61.9 Å². The fraction of sp³-hybridized carbons (Fsp3) is 0.667. The Morgan fingerprint density at radius 2 is 1.68 bits per heavy atom. The second-order valence-electron chi connectivity index (χ2n) is 8.35. The number of rotatable bonds is 5. The van der Waals surface area contributed by atoms with Crippen LogP contribution in [0.15, 0.2) is 29.2 Å². The van der Waals surface area contributed by atoms with Gasteiger partial charge in [0.05, 0.1) is 4.90 Å².